The minimum absolute atomic E-state index is 0.00995. The third-order valence-corrected chi connectivity index (χ3v) is 7.04. The summed E-state index contributed by atoms with van der Waals surface area (Å²) in [6, 6.07) is 16.0. The SMILES string of the molecule is Cc1ccc(-c2noc(C(C)N3CCN(C(=O)C4CC4c4ccccc4Cl)CC3)n2)cc1. The molecule has 7 heteroatoms. The zero-order chi connectivity index (χ0) is 22.2. The van der Waals surface area contributed by atoms with E-state index in [0.717, 1.165) is 35.7 Å². The molecule has 2 aliphatic rings. The number of hydrogen-bond acceptors (Lipinski definition) is 5. The number of benzene rings is 2. The van der Waals surface area contributed by atoms with Crippen LogP contribution in [0.15, 0.2) is 53.1 Å². The molecule has 5 rings (SSSR count). The molecule has 2 fully saturated rings. The normalized spacial score (nSPS) is 22.0. The molecule has 2 aromatic carbocycles. The van der Waals surface area contributed by atoms with Gasteiger partial charge in [-0.05, 0) is 37.8 Å². The van der Waals surface area contributed by atoms with Crippen LogP contribution in [0.25, 0.3) is 11.4 Å². The first-order valence-corrected chi connectivity index (χ1v) is 11.6. The van der Waals surface area contributed by atoms with Gasteiger partial charge in [0.15, 0.2) is 0 Å². The van der Waals surface area contributed by atoms with Crippen LogP contribution in [-0.4, -0.2) is 52.0 Å². The van der Waals surface area contributed by atoms with E-state index in [-0.39, 0.29) is 23.8 Å². The lowest BCUT2D eigenvalue weighted by Gasteiger charge is -2.37. The van der Waals surface area contributed by atoms with Crippen molar-refractivity contribution in [2.75, 3.05) is 26.2 Å². The average molecular weight is 451 g/mol. The van der Waals surface area contributed by atoms with Gasteiger partial charge in [0.25, 0.3) is 0 Å². The van der Waals surface area contributed by atoms with E-state index in [1.807, 2.05) is 53.4 Å². The van der Waals surface area contributed by atoms with Crippen molar-refractivity contribution in [1.82, 2.24) is 19.9 Å². The highest BCUT2D eigenvalue weighted by atomic mass is 35.5. The van der Waals surface area contributed by atoms with Gasteiger partial charge in [-0.1, -0.05) is 64.8 Å². The number of amides is 1. The van der Waals surface area contributed by atoms with Crippen molar-refractivity contribution in [3.63, 3.8) is 0 Å². The molecule has 1 aromatic heterocycles. The molecule has 2 heterocycles. The number of carbonyl (C=O) groups excluding carboxylic acids is 1. The summed E-state index contributed by atoms with van der Waals surface area (Å²) in [5, 5.41) is 4.92. The van der Waals surface area contributed by atoms with Crippen LogP contribution in [0.1, 0.15) is 42.3 Å². The summed E-state index contributed by atoms with van der Waals surface area (Å²) in [7, 11) is 0. The zero-order valence-corrected chi connectivity index (χ0v) is 19.1. The van der Waals surface area contributed by atoms with Gasteiger partial charge in [-0.15, -0.1) is 0 Å². The summed E-state index contributed by atoms with van der Waals surface area (Å²) in [5.74, 6) is 1.79. The van der Waals surface area contributed by atoms with Crippen molar-refractivity contribution < 1.29 is 9.32 Å². The summed E-state index contributed by atoms with van der Waals surface area (Å²) in [5.41, 5.74) is 3.24. The van der Waals surface area contributed by atoms with Crippen molar-refractivity contribution >= 4 is 17.5 Å². The van der Waals surface area contributed by atoms with Gasteiger partial charge in [0, 0.05) is 42.7 Å². The van der Waals surface area contributed by atoms with Crippen molar-refractivity contribution in [3.05, 3.63) is 70.6 Å². The first-order valence-electron chi connectivity index (χ1n) is 11.2. The van der Waals surface area contributed by atoms with Crippen LogP contribution in [0, 0.1) is 12.8 Å². The second-order valence-corrected chi connectivity index (χ2v) is 9.24. The van der Waals surface area contributed by atoms with E-state index in [9.17, 15) is 4.79 Å². The molecule has 1 amide bonds. The molecule has 1 aliphatic heterocycles. The first-order chi connectivity index (χ1) is 15.5. The number of aryl methyl sites for hydroxylation is 1. The van der Waals surface area contributed by atoms with Crippen LogP contribution in [-0.2, 0) is 4.79 Å². The highest BCUT2D eigenvalue weighted by Crippen LogP contribution is 2.50. The van der Waals surface area contributed by atoms with Gasteiger partial charge in [-0.2, -0.15) is 4.98 Å². The Morgan fingerprint density at radius 1 is 1.09 bits per heavy atom. The number of piperazine rings is 1. The van der Waals surface area contributed by atoms with E-state index in [1.54, 1.807) is 0 Å². The number of nitrogens with zero attached hydrogens (tertiary/aromatic N) is 4. The van der Waals surface area contributed by atoms with Gasteiger partial charge in [-0.3, -0.25) is 9.69 Å². The molecule has 0 spiro atoms. The smallest absolute Gasteiger partial charge is 0.244 e. The molecule has 3 atom stereocenters. The highest BCUT2D eigenvalue weighted by molar-refractivity contribution is 6.31. The predicted molar refractivity (Wildman–Crippen MR) is 123 cm³/mol. The molecule has 166 valence electrons. The Hall–Kier alpha value is -2.70. The molecule has 0 radical (unpaired) electrons. The number of aromatic nitrogens is 2. The van der Waals surface area contributed by atoms with Gasteiger partial charge >= 0.3 is 0 Å². The Labute approximate surface area is 193 Å². The second-order valence-electron chi connectivity index (χ2n) is 8.83. The number of hydrogen-bond donors (Lipinski definition) is 0. The molecule has 3 unspecified atom stereocenters. The molecule has 3 aromatic rings. The lowest BCUT2D eigenvalue weighted by molar-refractivity contribution is -0.134. The van der Waals surface area contributed by atoms with E-state index in [0.29, 0.717) is 24.8 Å². The van der Waals surface area contributed by atoms with E-state index in [2.05, 4.69) is 28.9 Å². The minimum Gasteiger partial charge on any atom is -0.340 e. The lowest BCUT2D eigenvalue weighted by Crippen LogP contribution is -2.49. The summed E-state index contributed by atoms with van der Waals surface area (Å²) in [6.07, 6.45) is 0.892. The number of carbonyl (C=O) groups is 1. The summed E-state index contributed by atoms with van der Waals surface area (Å²) < 4.78 is 5.57. The summed E-state index contributed by atoms with van der Waals surface area (Å²) >= 11 is 6.32. The molecule has 1 saturated carbocycles. The molecule has 6 nitrogen and oxygen atoms in total. The molecular formula is C25H27ClN4O2. The van der Waals surface area contributed by atoms with Gasteiger partial charge in [-0.25, -0.2) is 0 Å². The Balaban J connectivity index is 1.17. The Bertz CT molecular complexity index is 1110. The number of rotatable bonds is 5. The second kappa shape index (κ2) is 8.68. The largest absolute Gasteiger partial charge is 0.340 e. The molecule has 0 bridgehead atoms. The van der Waals surface area contributed by atoms with E-state index in [1.165, 1.54) is 5.56 Å². The monoisotopic (exact) mass is 450 g/mol. The minimum atomic E-state index is 0.00995. The van der Waals surface area contributed by atoms with Crippen LogP contribution in [0.4, 0.5) is 0 Å². The summed E-state index contributed by atoms with van der Waals surface area (Å²) in [6.45, 7) is 7.15. The van der Waals surface area contributed by atoms with Gasteiger partial charge < -0.3 is 9.42 Å². The van der Waals surface area contributed by atoms with Crippen LogP contribution in [0.5, 0.6) is 0 Å². The summed E-state index contributed by atoms with van der Waals surface area (Å²) in [4.78, 5) is 21.9. The van der Waals surface area contributed by atoms with E-state index >= 15 is 0 Å². The van der Waals surface area contributed by atoms with Crippen molar-refractivity contribution in [2.45, 2.75) is 32.2 Å². The van der Waals surface area contributed by atoms with Crippen LogP contribution < -0.4 is 0 Å². The fraction of sp³-hybridized carbons (Fsp3) is 0.400. The maximum absolute atomic E-state index is 13.0. The van der Waals surface area contributed by atoms with Crippen molar-refractivity contribution in [1.29, 1.82) is 0 Å². The fourth-order valence-electron chi connectivity index (χ4n) is 4.53. The topological polar surface area (TPSA) is 62.5 Å². The third kappa shape index (κ3) is 4.17. The molecular weight excluding hydrogens is 424 g/mol. The number of halogens is 1. The van der Waals surface area contributed by atoms with Crippen LogP contribution in [0.3, 0.4) is 0 Å². The van der Waals surface area contributed by atoms with Crippen LogP contribution >= 0.6 is 11.6 Å². The third-order valence-electron chi connectivity index (χ3n) is 6.69. The standard InChI is InChI=1S/C25H27ClN4O2/c1-16-7-9-18(10-8-16)23-27-24(32-28-23)17(2)29-11-13-30(14-12-29)25(31)21-15-20(21)19-5-3-4-6-22(19)26/h3-10,17,20-21H,11-15H2,1-2H3. The van der Waals surface area contributed by atoms with Crippen LogP contribution in [0.2, 0.25) is 5.02 Å². The maximum atomic E-state index is 13.0. The van der Waals surface area contributed by atoms with Gasteiger partial charge in [0.1, 0.15) is 0 Å². The van der Waals surface area contributed by atoms with Crippen molar-refractivity contribution in [3.8, 4) is 11.4 Å². The molecule has 1 aliphatic carbocycles. The molecule has 0 N–H and O–H groups in total. The van der Waals surface area contributed by atoms with E-state index in [4.69, 9.17) is 16.1 Å². The van der Waals surface area contributed by atoms with Gasteiger partial charge in [0.05, 0.1) is 6.04 Å². The maximum Gasteiger partial charge on any atom is 0.244 e. The lowest BCUT2D eigenvalue weighted by atomic mass is 10.1. The quantitative estimate of drug-likeness (QED) is 0.563. The van der Waals surface area contributed by atoms with E-state index < -0.39 is 0 Å². The van der Waals surface area contributed by atoms with Gasteiger partial charge in [0.2, 0.25) is 17.6 Å². The average Bonchev–Trinajstić information content (AvgIpc) is 3.46. The fourth-order valence-corrected chi connectivity index (χ4v) is 4.81. The molecule has 1 saturated heterocycles. The predicted octanol–water partition coefficient (Wildman–Crippen LogP) is 4.71. The molecule has 32 heavy (non-hydrogen) atoms. The first kappa shape index (κ1) is 21.2. The van der Waals surface area contributed by atoms with Crippen molar-refractivity contribution in [2.24, 2.45) is 5.92 Å². The Morgan fingerprint density at radius 3 is 2.53 bits per heavy atom. The Morgan fingerprint density at radius 2 is 1.81 bits per heavy atom. The highest BCUT2D eigenvalue weighted by Gasteiger charge is 2.47. The Kier molecular flexibility index (Phi) is 5.74. The zero-order valence-electron chi connectivity index (χ0n) is 18.4.